The molecular formula is C22H14ClF3N4O2. The molecule has 0 aliphatic rings. The number of hydrogen-bond donors (Lipinski definition) is 1. The maximum atomic E-state index is 13.1. The van der Waals surface area contributed by atoms with E-state index in [1.165, 1.54) is 0 Å². The van der Waals surface area contributed by atoms with Crippen LogP contribution in [0.5, 0.6) is 0 Å². The molecule has 162 valence electrons. The lowest BCUT2D eigenvalue weighted by molar-refractivity contribution is -0.137. The summed E-state index contributed by atoms with van der Waals surface area (Å²) in [4.78, 5) is 12.6. The maximum Gasteiger partial charge on any atom is 0.417 e. The van der Waals surface area contributed by atoms with Crippen LogP contribution in [0.3, 0.4) is 0 Å². The van der Waals surface area contributed by atoms with Crippen LogP contribution in [0.2, 0.25) is 5.02 Å². The molecule has 0 spiro atoms. The molecule has 0 saturated heterocycles. The van der Waals surface area contributed by atoms with Gasteiger partial charge in [-0.1, -0.05) is 41.9 Å². The van der Waals surface area contributed by atoms with Gasteiger partial charge in [0.1, 0.15) is 5.58 Å². The number of alkyl halides is 3. The number of benzene rings is 2. The second-order valence-corrected chi connectivity index (χ2v) is 7.67. The third-order valence-electron chi connectivity index (χ3n) is 5.19. The molecule has 0 atom stereocenters. The number of halogens is 4. The van der Waals surface area contributed by atoms with E-state index in [-0.39, 0.29) is 35.4 Å². The zero-order chi connectivity index (χ0) is 22.5. The summed E-state index contributed by atoms with van der Waals surface area (Å²) >= 11 is 5.92. The Kier molecular flexibility index (Phi) is 4.78. The monoisotopic (exact) mass is 458 g/mol. The number of amides is 1. The maximum absolute atomic E-state index is 13.1. The summed E-state index contributed by atoms with van der Waals surface area (Å²) in [5.74, 6) is -0.209. The SMILES string of the molecule is O=C(Cc1coc2ccc3ccccc3c12)NCc1nnc2c(Cl)cc(C(F)(F)F)cn12. The molecule has 0 radical (unpaired) electrons. The fourth-order valence-electron chi connectivity index (χ4n) is 3.69. The van der Waals surface area contributed by atoms with Gasteiger partial charge in [-0.25, -0.2) is 0 Å². The zero-order valence-corrected chi connectivity index (χ0v) is 17.0. The van der Waals surface area contributed by atoms with Gasteiger partial charge in [-0.15, -0.1) is 10.2 Å². The minimum Gasteiger partial charge on any atom is -0.464 e. The average Bonchev–Trinajstić information content (AvgIpc) is 3.36. The van der Waals surface area contributed by atoms with Crippen LogP contribution >= 0.6 is 11.6 Å². The largest absolute Gasteiger partial charge is 0.464 e. The van der Waals surface area contributed by atoms with Gasteiger partial charge in [-0.3, -0.25) is 9.20 Å². The van der Waals surface area contributed by atoms with Crippen LogP contribution in [0.4, 0.5) is 13.2 Å². The Labute approximate surface area is 183 Å². The van der Waals surface area contributed by atoms with Gasteiger partial charge in [0.15, 0.2) is 11.5 Å². The minimum absolute atomic E-state index is 0.0340. The molecule has 0 aliphatic heterocycles. The van der Waals surface area contributed by atoms with E-state index in [9.17, 15) is 18.0 Å². The van der Waals surface area contributed by atoms with E-state index in [1.54, 1.807) is 6.26 Å². The van der Waals surface area contributed by atoms with Gasteiger partial charge in [0.05, 0.1) is 29.8 Å². The van der Waals surface area contributed by atoms with Gasteiger partial charge in [0.25, 0.3) is 0 Å². The number of fused-ring (bicyclic) bond motifs is 4. The van der Waals surface area contributed by atoms with Crippen LogP contribution < -0.4 is 5.32 Å². The summed E-state index contributed by atoms with van der Waals surface area (Å²) in [6.45, 7) is -0.117. The molecule has 0 fully saturated rings. The molecule has 1 N–H and O–H groups in total. The van der Waals surface area contributed by atoms with Crippen LogP contribution in [0.25, 0.3) is 27.4 Å². The van der Waals surface area contributed by atoms with Crippen molar-refractivity contribution in [1.29, 1.82) is 0 Å². The topological polar surface area (TPSA) is 72.4 Å². The molecule has 5 aromatic rings. The molecule has 6 nitrogen and oxygen atoms in total. The molecule has 10 heteroatoms. The van der Waals surface area contributed by atoms with Crippen LogP contribution in [-0.2, 0) is 23.9 Å². The standard InChI is InChI=1S/C22H14ClF3N4O2/c23-16-8-14(22(24,25)26)10-30-18(28-29-21(16)30)9-27-19(31)7-13-11-32-17-6-5-12-3-1-2-4-15(12)20(13)17/h1-6,8,10-11H,7,9H2,(H,27,31). The Morgan fingerprint density at radius 1 is 1.16 bits per heavy atom. The summed E-state index contributed by atoms with van der Waals surface area (Å²) in [7, 11) is 0. The van der Waals surface area contributed by atoms with Crippen molar-refractivity contribution >= 4 is 44.9 Å². The van der Waals surface area contributed by atoms with E-state index >= 15 is 0 Å². The van der Waals surface area contributed by atoms with Gasteiger partial charge >= 0.3 is 6.18 Å². The van der Waals surface area contributed by atoms with Gasteiger partial charge in [-0.2, -0.15) is 13.2 Å². The molecule has 0 unspecified atom stereocenters. The first-order valence-corrected chi connectivity index (χ1v) is 9.94. The molecule has 0 bridgehead atoms. The summed E-state index contributed by atoms with van der Waals surface area (Å²) in [6.07, 6.45) is -2.14. The van der Waals surface area contributed by atoms with Crippen LogP contribution in [0, 0.1) is 0 Å². The molecule has 5 rings (SSSR count). The van der Waals surface area contributed by atoms with Crippen molar-refractivity contribution in [2.24, 2.45) is 0 Å². The Bertz CT molecular complexity index is 1490. The van der Waals surface area contributed by atoms with Crippen molar-refractivity contribution in [1.82, 2.24) is 19.9 Å². The van der Waals surface area contributed by atoms with E-state index in [1.807, 2.05) is 36.4 Å². The number of pyridine rings is 1. The smallest absolute Gasteiger partial charge is 0.417 e. The number of carbonyl (C=O) groups is 1. The van der Waals surface area contributed by atoms with Crippen molar-refractivity contribution in [2.75, 3.05) is 0 Å². The van der Waals surface area contributed by atoms with Crippen LogP contribution in [0.15, 0.2) is 59.3 Å². The van der Waals surface area contributed by atoms with E-state index in [2.05, 4.69) is 15.5 Å². The van der Waals surface area contributed by atoms with Crippen molar-refractivity contribution in [3.05, 3.63) is 76.9 Å². The predicted octanol–water partition coefficient (Wildman–Crippen LogP) is 5.16. The number of hydrogen-bond acceptors (Lipinski definition) is 4. The summed E-state index contributed by atoms with van der Waals surface area (Å²) < 4.78 is 46.0. The molecule has 0 aliphatic carbocycles. The van der Waals surface area contributed by atoms with Crippen molar-refractivity contribution in [3.63, 3.8) is 0 Å². The molecular weight excluding hydrogens is 445 g/mol. The first-order chi connectivity index (χ1) is 15.3. The number of aromatic nitrogens is 3. The third-order valence-corrected chi connectivity index (χ3v) is 5.47. The van der Waals surface area contributed by atoms with Gasteiger partial charge in [0, 0.05) is 17.1 Å². The highest BCUT2D eigenvalue weighted by atomic mass is 35.5. The average molecular weight is 459 g/mol. The van der Waals surface area contributed by atoms with Gasteiger partial charge in [0.2, 0.25) is 5.91 Å². The summed E-state index contributed by atoms with van der Waals surface area (Å²) in [5.41, 5.74) is 0.530. The van der Waals surface area contributed by atoms with Crippen LogP contribution in [-0.4, -0.2) is 20.5 Å². The Hall–Kier alpha value is -3.59. The normalized spacial score (nSPS) is 12.1. The number of carbonyl (C=O) groups excluding carboxylic acids is 1. The van der Waals surface area contributed by atoms with Crippen molar-refractivity contribution < 1.29 is 22.4 Å². The van der Waals surface area contributed by atoms with E-state index in [0.29, 0.717) is 11.1 Å². The predicted molar refractivity (Wildman–Crippen MR) is 112 cm³/mol. The number of rotatable bonds is 4. The third kappa shape index (κ3) is 3.54. The molecule has 3 aromatic heterocycles. The Morgan fingerprint density at radius 2 is 1.97 bits per heavy atom. The highest BCUT2D eigenvalue weighted by Gasteiger charge is 2.32. The molecule has 3 heterocycles. The second kappa shape index (κ2) is 7.52. The summed E-state index contributed by atoms with van der Waals surface area (Å²) in [6, 6.07) is 12.4. The van der Waals surface area contributed by atoms with Crippen molar-refractivity contribution in [3.8, 4) is 0 Å². The molecule has 1 amide bonds. The molecule has 0 saturated carbocycles. The van der Waals surface area contributed by atoms with E-state index in [4.69, 9.17) is 16.0 Å². The minimum atomic E-state index is -4.58. The molecule has 32 heavy (non-hydrogen) atoms. The van der Waals surface area contributed by atoms with Gasteiger partial charge in [-0.05, 0) is 22.9 Å². The lowest BCUT2D eigenvalue weighted by atomic mass is 10.0. The van der Waals surface area contributed by atoms with Crippen LogP contribution in [0.1, 0.15) is 17.0 Å². The highest BCUT2D eigenvalue weighted by Crippen LogP contribution is 2.32. The Balaban J connectivity index is 1.39. The second-order valence-electron chi connectivity index (χ2n) is 7.26. The first-order valence-electron chi connectivity index (χ1n) is 9.56. The fraction of sp³-hybridized carbons (Fsp3) is 0.136. The lowest BCUT2D eigenvalue weighted by Gasteiger charge is -2.09. The molecule has 2 aromatic carbocycles. The zero-order valence-electron chi connectivity index (χ0n) is 16.3. The number of nitrogens with zero attached hydrogens (tertiary/aromatic N) is 3. The van der Waals surface area contributed by atoms with E-state index < -0.39 is 11.7 Å². The number of nitrogens with one attached hydrogen (secondary N) is 1. The summed E-state index contributed by atoms with van der Waals surface area (Å²) in [5, 5.41) is 13.0. The van der Waals surface area contributed by atoms with Gasteiger partial charge < -0.3 is 9.73 Å². The first kappa shape index (κ1) is 20.3. The lowest BCUT2D eigenvalue weighted by Crippen LogP contribution is -2.25. The Morgan fingerprint density at radius 3 is 2.78 bits per heavy atom. The van der Waals surface area contributed by atoms with E-state index in [0.717, 1.165) is 32.8 Å². The highest BCUT2D eigenvalue weighted by molar-refractivity contribution is 6.33. The van der Waals surface area contributed by atoms with Crippen molar-refractivity contribution in [2.45, 2.75) is 19.1 Å². The fourth-order valence-corrected chi connectivity index (χ4v) is 3.94. The number of furan rings is 1. The quantitative estimate of drug-likeness (QED) is 0.404.